The maximum atomic E-state index is 12.2. The largest absolute Gasteiger partial charge is 0.324 e. The summed E-state index contributed by atoms with van der Waals surface area (Å²) in [5.74, 6) is -0.747. The van der Waals surface area contributed by atoms with Gasteiger partial charge in [0.2, 0.25) is 0 Å². The molecule has 0 spiro atoms. The van der Waals surface area contributed by atoms with Gasteiger partial charge in [0.1, 0.15) is 11.5 Å². The molecule has 3 nitrogen and oxygen atoms in total. The monoisotopic (exact) mass is 190 g/mol. The van der Waals surface area contributed by atoms with E-state index in [1.807, 2.05) is 0 Å². The average molecular weight is 191 g/mol. The standard InChI is InChI=1S/C7H7FN2O.ClH/c8-5-1-2-6(10-4-5)7(11)3-9;/h1-2,4H,3,9H2;1H. The Bertz CT molecular complexity index is 263. The SMILES string of the molecule is Cl.NCC(=O)c1ccc(F)cn1. The molecule has 0 aliphatic rings. The van der Waals surface area contributed by atoms with Crippen molar-refractivity contribution in [2.45, 2.75) is 0 Å². The molecule has 0 aliphatic carbocycles. The van der Waals surface area contributed by atoms with Gasteiger partial charge in [-0.3, -0.25) is 9.78 Å². The van der Waals surface area contributed by atoms with Crippen molar-refractivity contribution in [3.63, 3.8) is 0 Å². The smallest absolute Gasteiger partial charge is 0.194 e. The van der Waals surface area contributed by atoms with Crippen LogP contribution in [0, 0.1) is 5.82 Å². The van der Waals surface area contributed by atoms with Crippen LogP contribution in [0.2, 0.25) is 0 Å². The maximum Gasteiger partial charge on any atom is 0.194 e. The second kappa shape index (κ2) is 4.79. The summed E-state index contributed by atoms with van der Waals surface area (Å²) in [6, 6.07) is 2.49. The lowest BCUT2D eigenvalue weighted by Crippen LogP contribution is -2.14. The lowest BCUT2D eigenvalue weighted by atomic mass is 10.2. The van der Waals surface area contributed by atoms with Crippen LogP contribution in [0.1, 0.15) is 10.5 Å². The third-order valence-electron chi connectivity index (χ3n) is 1.20. The molecule has 1 aromatic rings. The van der Waals surface area contributed by atoms with Crippen molar-refractivity contribution in [3.8, 4) is 0 Å². The van der Waals surface area contributed by atoms with Gasteiger partial charge in [-0.05, 0) is 12.1 Å². The van der Waals surface area contributed by atoms with Crippen LogP contribution in [0.25, 0.3) is 0 Å². The number of halogens is 2. The molecule has 0 radical (unpaired) electrons. The van der Waals surface area contributed by atoms with E-state index < -0.39 is 5.82 Å². The topological polar surface area (TPSA) is 56.0 Å². The Hall–Kier alpha value is -1.00. The van der Waals surface area contributed by atoms with Gasteiger partial charge < -0.3 is 5.73 Å². The molecule has 0 saturated carbocycles. The van der Waals surface area contributed by atoms with E-state index in [0.29, 0.717) is 0 Å². The Labute approximate surface area is 75.2 Å². The van der Waals surface area contributed by atoms with Gasteiger partial charge in [-0.25, -0.2) is 4.39 Å². The number of nitrogens with two attached hydrogens (primary N) is 1. The Morgan fingerprint density at radius 3 is 2.67 bits per heavy atom. The van der Waals surface area contributed by atoms with Crippen LogP contribution in [-0.2, 0) is 0 Å². The predicted molar refractivity (Wildman–Crippen MR) is 44.8 cm³/mol. The van der Waals surface area contributed by atoms with Gasteiger partial charge in [0, 0.05) is 0 Å². The maximum absolute atomic E-state index is 12.2. The molecule has 0 aliphatic heterocycles. The lowest BCUT2D eigenvalue weighted by Gasteiger charge is -1.94. The molecule has 0 saturated heterocycles. The number of hydrogen-bond acceptors (Lipinski definition) is 3. The molecule has 66 valence electrons. The van der Waals surface area contributed by atoms with Crippen LogP contribution in [-0.4, -0.2) is 17.3 Å². The number of Topliss-reactive ketones (excluding diaryl/α,β-unsaturated/α-hetero) is 1. The summed E-state index contributed by atoms with van der Waals surface area (Å²) >= 11 is 0. The normalized spacial score (nSPS) is 8.83. The van der Waals surface area contributed by atoms with Crippen molar-refractivity contribution in [1.29, 1.82) is 0 Å². The number of ketones is 1. The van der Waals surface area contributed by atoms with Crippen LogP contribution in [0.5, 0.6) is 0 Å². The zero-order valence-electron chi connectivity index (χ0n) is 6.16. The van der Waals surface area contributed by atoms with Crippen LogP contribution in [0.4, 0.5) is 4.39 Å². The second-order valence-electron chi connectivity index (χ2n) is 1.99. The van der Waals surface area contributed by atoms with Gasteiger partial charge in [-0.1, -0.05) is 0 Å². The fourth-order valence-corrected chi connectivity index (χ4v) is 0.645. The van der Waals surface area contributed by atoms with Crippen molar-refractivity contribution in [1.82, 2.24) is 4.98 Å². The highest BCUT2D eigenvalue weighted by molar-refractivity contribution is 5.95. The average Bonchev–Trinajstić information content (AvgIpc) is 2.05. The highest BCUT2D eigenvalue weighted by Gasteiger charge is 2.03. The molecule has 1 aromatic heterocycles. The summed E-state index contributed by atoms with van der Waals surface area (Å²) in [7, 11) is 0. The molecule has 1 rings (SSSR count). The highest BCUT2D eigenvalue weighted by Crippen LogP contribution is 1.97. The first-order chi connectivity index (χ1) is 5.24. The van der Waals surface area contributed by atoms with E-state index >= 15 is 0 Å². The first kappa shape index (κ1) is 11.0. The first-order valence-electron chi connectivity index (χ1n) is 3.09. The van der Waals surface area contributed by atoms with Gasteiger partial charge in [0.15, 0.2) is 5.78 Å². The van der Waals surface area contributed by atoms with Gasteiger partial charge >= 0.3 is 0 Å². The molecule has 0 atom stereocenters. The summed E-state index contributed by atoms with van der Waals surface area (Å²) in [6.45, 7) is -0.0986. The van der Waals surface area contributed by atoms with Crippen LogP contribution < -0.4 is 5.73 Å². The van der Waals surface area contributed by atoms with Crippen molar-refractivity contribution in [2.24, 2.45) is 5.73 Å². The second-order valence-corrected chi connectivity index (χ2v) is 1.99. The molecule has 0 unspecified atom stereocenters. The molecule has 0 amide bonds. The molecular formula is C7H8ClFN2O. The van der Waals surface area contributed by atoms with Crippen LogP contribution in [0.3, 0.4) is 0 Å². The third-order valence-corrected chi connectivity index (χ3v) is 1.20. The Kier molecular flexibility index (Phi) is 4.39. The van der Waals surface area contributed by atoms with Gasteiger partial charge in [0.25, 0.3) is 0 Å². The van der Waals surface area contributed by atoms with E-state index in [4.69, 9.17) is 5.73 Å². The summed E-state index contributed by atoms with van der Waals surface area (Å²) in [5, 5.41) is 0. The number of rotatable bonds is 2. The number of carbonyl (C=O) groups is 1. The van der Waals surface area contributed by atoms with Crippen LogP contribution >= 0.6 is 12.4 Å². The van der Waals surface area contributed by atoms with Gasteiger partial charge in [0.05, 0.1) is 12.7 Å². The summed E-state index contributed by atoms with van der Waals surface area (Å²) in [5.41, 5.74) is 5.26. The Morgan fingerprint density at radius 1 is 1.58 bits per heavy atom. The Morgan fingerprint density at radius 2 is 2.25 bits per heavy atom. The molecule has 5 heteroatoms. The first-order valence-corrected chi connectivity index (χ1v) is 3.09. The highest BCUT2D eigenvalue weighted by atomic mass is 35.5. The van der Waals surface area contributed by atoms with Gasteiger partial charge in [-0.15, -0.1) is 12.4 Å². The van der Waals surface area contributed by atoms with Crippen molar-refractivity contribution in [3.05, 3.63) is 29.8 Å². The molecule has 1 heterocycles. The molecule has 0 fully saturated rings. The van der Waals surface area contributed by atoms with Crippen molar-refractivity contribution >= 4 is 18.2 Å². The summed E-state index contributed by atoms with van der Waals surface area (Å²) in [4.78, 5) is 14.4. The van der Waals surface area contributed by atoms with E-state index in [9.17, 15) is 9.18 Å². The predicted octanol–water partition coefficient (Wildman–Crippen LogP) is 0.784. The number of nitrogens with zero attached hydrogens (tertiary/aromatic N) is 1. The van der Waals surface area contributed by atoms with E-state index in [-0.39, 0.29) is 30.4 Å². The minimum Gasteiger partial charge on any atom is -0.324 e. The van der Waals surface area contributed by atoms with Crippen molar-refractivity contribution in [2.75, 3.05) is 6.54 Å². The summed E-state index contributed by atoms with van der Waals surface area (Å²) < 4.78 is 12.2. The number of pyridine rings is 1. The molecule has 0 bridgehead atoms. The number of hydrogen-bond donors (Lipinski definition) is 1. The summed E-state index contributed by atoms with van der Waals surface area (Å²) in [6.07, 6.45) is 0.989. The Balaban J connectivity index is 0.00000121. The number of carbonyl (C=O) groups excluding carboxylic acids is 1. The molecule has 12 heavy (non-hydrogen) atoms. The van der Waals surface area contributed by atoms with E-state index in [0.717, 1.165) is 6.20 Å². The zero-order chi connectivity index (χ0) is 8.27. The minimum atomic E-state index is -0.460. The molecule has 2 N–H and O–H groups in total. The fourth-order valence-electron chi connectivity index (χ4n) is 0.645. The molecular weight excluding hydrogens is 183 g/mol. The van der Waals surface area contributed by atoms with E-state index in [1.165, 1.54) is 12.1 Å². The lowest BCUT2D eigenvalue weighted by molar-refractivity contribution is 0.0996. The fraction of sp³-hybridized carbons (Fsp3) is 0.143. The van der Waals surface area contributed by atoms with E-state index in [1.54, 1.807) is 0 Å². The quantitative estimate of drug-likeness (QED) is 0.702. The zero-order valence-corrected chi connectivity index (χ0v) is 6.97. The van der Waals surface area contributed by atoms with Gasteiger partial charge in [-0.2, -0.15) is 0 Å². The minimum absolute atomic E-state index is 0. The third kappa shape index (κ3) is 2.56. The molecule has 0 aromatic carbocycles. The van der Waals surface area contributed by atoms with Crippen molar-refractivity contribution < 1.29 is 9.18 Å². The number of aromatic nitrogens is 1. The van der Waals surface area contributed by atoms with Crippen LogP contribution in [0.15, 0.2) is 18.3 Å². The van der Waals surface area contributed by atoms with E-state index in [2.05, 4.69) is 4.98 Å².